The van der Waals surface area contributed by atoms with Gasteiger partial charge >= 0.3 is 12.0 Å². The maximum absolute atomic E-state index is 12.3. The molecular formula is C6H4F8O2. The van der Waals surface area contributed by atoms with Crippen LogP contribution < -0.4 is 0 Å². The van der Waals surface area contributed by atoms with Crippen LogP contribution in [0.4, 0.5) is 35.1 Å². The summed E-state index contributed by atoms with van der Waals surface area (Å²) in [5.74, 6) is -5.41. The van der Waals surface area contributed by atoms with E-state index in [0.717, 1.165) is 0 Å². The summed E-state index contributed by atoms with van der Waals surface area (Å²) in [7, 11) is 0. The third-order valence-corrected chi connectivity index (χ3v) is 1.31. The van der Waals surface area contributed by atoms with E-state index >= 15 is 0 Å². The molecular weight excluding hydrogens is 256 g/mol. The van der Waals surface area contributed by atoms with Crippen molar-refractivity contribution < 1.29 is 44.7 Å². The summed E-state index contributed by atoms with van der Waals surface area (Å²) in [6.07, 6.45) is -16.5. The van der Waals surface area contributed by atoms with E-state index in [2.05, 4.69) is 4.74 Å². The van der Waals surface area contributed by atoms with Gasteiger partial charge in [-0.15, -0.1) is 0 Å². The average molecular weight is 260 g/mol. The van der Waals surface area contributed by atoms with Gasteiger partial charge in [-0.1, -0.05) is 0 Å². The number of halogens is 8. The highest BCUT2D eigenvalue weighted by Gasteiger charge is 2.55. The molecule has 0 saturated carbocycles. The summed E-state index contributed by atoms with van der Waals surface area (Å²) < 4.78 is 98.1. The van der Waals surface area contributed by atoms with Crippen LogP contribution in [0.15, 0.2) is 0 Å². The van der Waals surface area contributed by atoms with Crippen molar-refractivity contribution in [2.45, 2.75) is 31.2 Å². The molecule has 0 rings (SSSR count). The van der Waals surface area contributed by atoms with Gasteiger partial charge in [0.15, 0.2) is 0 Å². The maximum Gasteiger partial charge on any atom is 0.362 e. The van der Waals surface area contributed by atoms with Crippen LogP contribution in [0.1, 0.15) is 0 Å². The lowest BCUT2D eigenvalue weighted by Crippen LogP contribution is -2.46. The number of carbonyl (C=O) groups excluding carboxylic acids is 1. The molecule has 0 heterocycles. The van der Waals surface area contributed by atoms with Gasteiger partial charge in [-0.3, -0.25) is 9.53 Å². The zero-order valence-corrected chi connectivity index (χ0v) is 7.15. The predicted octanol–water partition coefficient (Wildman–Crippen LogP) is 2.33. The highest BCUT2D eigenvalue weighted by Crippen LogP contribution is 2.33. The fourth-order valence-electron chi connectivity index (χ4n) is 0.542. The van der Waals surface area contributed by atoms with Gasteiger partial charge in [0.1, 0.15) is 0 Å². The second-order valence-corrected chi connectivity index (χ2v) is 2.48. The van der Waals surface area contributed by atoms with Crippen LogP contribution in [-0.2, 0) is 9.53 Å². The van der Waals surface area contributed by atoms with Crippen LogP contribution in [-0.4, -0.2) is 37.3 Å². The molecule has 0 N–H and O–H groups in total. The Hall–Kier alpha value is -0.930. The number of hydrogen-bond donors (Lipinski definition) is 0. The molecule has 96 valence electrons. The Labute approximate surface area is 83.2 Å². The molecule has 3 atom stereocenters. The summed E-state index contributed by atoms with van der Waals surface area (Å²) in [5.41, 5.74) is 0. The van der Waals surface area contributed by atoms with Gasteiger partial charge in [0, 0.05) is 0 Å². The Morgan fingerprint density at radius 1 is 1.06 bits per heavy atom. The van der Waals surface area contributed by atoms with Crippen molar-refractivity contribution in [1.29, 1.82) is 0 Å². The van der Waals surface area contributed by atoms with Crippen molar-refractivity contribution in [1.82, 2.24) is 0 Å². The molecule has 0 aromatic heterocycles. The van der Waals surface area contributed by atoms with Crippen LogP contribution in [0.3, 0.4) is 0 Å². The molecule has 0 aromatic carbocycles. The summed E-state index contributed by atoms with van der Waals surface area (Å²) in [4.78, 5) is 9.49. The molecule has 0 aliphatic heterocycles. The number of hydrogen-bond acceptors (Lipinski definition) is 2. The Bertz CT molecular complexity index is 245. The van der Waals surface area contributed by atoms with Crippen molar-refractivity contribution in [2.24, 2.45) is 0 Å². The second kappa shape index (κ2) is 5.41. The van der Waals surface area contributed by atoms with E-state index < -0.39 is 37.3 Å². The molecule has 0 bridgehead atoms. The molecule has 0 saturated heterocycles. The summed E-state index contributed by atoms with van der Waals surface area (Å²) in [6, 6.07) is -2.95. The summed E-state index contributed by atoms with van der Waals surface area (Å²) in [5, 5.41) is 0. The van der Waals surface area contributed by atoms with Crippen LogP contribution in [0.2, 0.25) is 0 Å². The normalized spacial score (nSPS) is 18.3. The van der Waals surface area contributed by atoms with Gasteiger partial charge in [-0.2, -0.15) is 13.2 Å². The molecule has 10 heteroatoms. The van der Waals surface area contributed by atoms with Gasteiger partial charge in [-0.05, 0) is 0 Å². The maximum atomic E-state index is 12.3. The molecule has 16 heavy (non-hydrogen) atoms. The Morgan fingerprint density at radius 3 is 1.81 bits per heavy atom. The van der Waals surface area contributed by atoms with E-state index in [9.17, 15) is 39.9 Å². The minimum absolute atomic E-state index is 2.77. The fourth-order valence-corrected chi connectivity index (χ4v) is 0.542. The Morgan fingerprint density at radius 2 is 1.50 bits per heavy atom. The fraction of sp³-hybridized carbons (Fsp3) is 0.833. The largest absolute Gasteiger partial charge is 0.362 e. The molecule has 2 nitrogen and oxygen atoms in total. The predicted molar refractivity (Wildman–Crippen MR) is 32.8 cm³/mol. The lowest BCUT2D eigenvalue weighted by atomic mass is 10.2. The molecule has 0 aromatic rings. The number of alkyl halides is 7. The monoisotopic (exact) mass is 260 g/mol. The zero-order valence-electron chi connectivity index (χ0n) is 7.15. The molecule has 0 aliphatic rings. The van der Waals surface area contributed by atoms with Crippen molar-refractivity contribution in [3.63, 3.8) is 0 Å². The van der Waals surface area contributed by atoms with Crippen molar-refractivity contribution in [2.75, 3.05) is 0 Å². The lowest BCUT2D eigenvalue weighted by molar-refractivity contribution is -0.269. The van der Waals surface area contributed by atoms with Gasteiger partial charge in [0.25, 0.3) is 19.1 Å². The number of rotatable bonds is 6. The highest BCUT2D eigenvalue weighted by atomic mass is 19.3. The first kappa shape index (κ1) is 15.1. The van der Waals surface area contributed by atoms with Gasteiger partial charge in [0.05, 0.1) is 0 Å². The van der Waals surface area contributed by atoms with Crippen molar-refractivity contribution in [3.05, 3.63) is 0 Å². The average Bonchev–Trinajstić information content (AvgIpc) is 2.15. The van der Waals surface area contributed by atoms with Crippen LogP contribution in [0.5, 0.6) is 0 Å². The Balaban J connectivity index is 4.57. The Kier molecular flexibility index (Phi) is 5.10. The molecule has 0 amide bonds. The van der Waals surface area contributed by atoms with E-state index in [1.165, 1.54) is 0 Å². The quantitative estimate of drug-likeness (QED) is 0.541. The van der Waals surface area contributed by atoms with E-state index in [0.29, 0.717) is 0 Å². The van der Waals surface area contributed by atoms with Crippen LogP contribution in [0, 0.1) is 0 Å². The smallest absolute Gasteiger partial charge is 0.300 e. The van der Waals surface area contributed by atoms with E-state index in [1.807, 2.05) is 0 Å². The van der Waals surface area contributed by atoms with E-state index in [-0.39, 0.29) is 0 Å². The molecule has 0 spiro atoms. The summed E-state index contributed by atoms with van der Waals surface area (Å²) >= 11 is 0. The van der Waals surface area contributed by atoms with Crippen LogP contribution >= 0.6 is 0 Å². The first-order valence-electron chi connectivity index (χ1n) is 3.53. The summed E-state index contributed by atoms with van der Waals surface area (Å²) in [6.45, 7) is 0. The lowest BCUT2D eigenvalue weighted by Gasteiger charge is -2.23. The number of ether oxygens (including phenoxy) is 1. The standard InChI is InChI=1S/C6H4F8O2/c7-1(2(8)9)6(13,14)5(12)16-4(11)3(10)15/h1-2,4-5H. The highest BCUT2D eigenvalue weighted by molar-refractivity contribution is 5.71. The van der Waals surface area contributed by atoms with Gasteiger partial charge in [-0.25, -0.2) is 22.0 Å². The SMILES string of the molecule is O=C(F)C(F)OC(F)C(F)(F)C(F)C(F)F. The second-order valence-electron chi connectivity index (χ2n) is 2.48. The zero-order chi connectivity index (χ0) is 13.1. The number of carbonyl (C=O) groups is 1. The van der Waals surface area contributed by atoms with Crippen molar-refractivity contribution >= 4 is 6.04 Å². The first-order chi connectivity index (χ1) is 7.10. The third kappa shape index (κ3) is 3.58. The minimum Gasteiger partial charge on any atom is -0.300 e. The first-order valence-corrected chi connectivity index (χ1v) is 3.53. The van der Waals surface area contributed by atoms with Gasteiger partial charge < -0.3 is 0 Å². The molecule has 3 unspecified atom stereocenters. The molecule has 0 aliphatic carbocycles. The molecule has 0 fully saturated rings. The third-order valence-electron chi connectivity index (χ3n) is 1.31. The van der Waals surface area contributed by atoms with Gasteiger partial charge in [0.2, 0.25) is 6.17 Å². The van der Waals surface area contributed by atoms with E-state index in [4.69, 9.17) is 0 Å². The minimum atomic E-state index is -5.41. The topological polar surface area (TPSA) is 26.3 Å². The van der Waals surface area contributed by atoms with E-state index in [1.54, 1.807) is 0 Å². The van der Waals surface area contributed by atoms with Crippen molar-refractivity contribution in [3.8, 4) is 0 Å². The van der Waals surface area contributed by atoms with Crippen LogP contribution in [0.25, 0.3) is 0 Å². The molecule has 0 radical (unpaired) electrons.